The first-order chi connectivity index (χ1) is 17.0. The number of hydrogen-bond donors (Lipinski definition) is 6. The fraction of sp³-hybridized carbons (Fsp3) is 0. The molecule has 0 spiro atoms. The van der Waals surface area contributed by atoms with Gasteiger partial charge in [0.2, 0.25) is 50.4 Å². The van der Waals surface area contributed by atoms with Crippen molar-refractivity contribution in [2.45, 2.75) is 0 Å². The monoisotopic (exact) mass is 582 g/mol. The third-order valence-corrected chi connectivity index (χ3v) is 33.9. The minimum Gasteiger partial charge on any atom is -0.323 e. The molecule has 1 rings (SSSR count). The average Bonchev–Trinajstić information content (AvgIpc) is 2.94. The molecule has 1 saturated heterocycles. The van der Waals surface area contributed by atoms with Crippen LogP contribution in [-0.2, 0) is 0 Å². The summed E-state index contributed by atoms with van der Waals surface area (Å²) in [4.78, 5) is 0. The van der Waals surface area contributed by atoms with Crippen LogP contribution in [0.2, 0.25) is 0 Å². The normalized spacial score (nSPS) is 23.3. The Labute approximate surface area is 224 Å². The van der Waals surface area contributed by atoms with E-state index in [1.54, 1.807) is 0 Å². The summed E-state index contributed by atoms with van der Waals surface area (Å²) in [7, 11) is -17.0. The summed E-state index contributed by atoms with van der Waals surface area (Å²) < 4.78 is 23.2. The Bertz CT molecular complexity index is 716. The van der Waals surface area contributed by atoms with Gasteiger partial charge in [-0.3, -0.25) is 0 Å². The smallest absolute Gasteiger partial charge is 0.241 e. The molecule has 36 heavy (non-hydrogen) atoms. The zero-order valence-corrected chi connectivity index (χ0v) is 27.4. The molecule has 0 bridgehead atoms. The van der Waals surface area contributed by atoms with Gasteiger partial charge in [0.1, 0.15) is 0 Å². The van der Waals surface area contributed by atoms with Crippen LogP contribution in [0, 0.1) is 0 Å². The van der Waals surface area contributed by atoms with Crippen LogP contribution in [0.4, 0.5) is 0 Å². The van der Waals surface area contributed by atoms with Crippen LogP contribution in [-0.4, -0.2) is 50.4 Å². The van der Waals surface area contributed by atoms with Gasteiger partial charge in [-0.2, -0.15) is 0 Å². The van der Waals surface area contributed by atoms with Crippen molar-refractivity contribution in [2.24, 2.45) is 0 Å². The maximum Gasteiger partial charge on any atom is 0.241 e. The Morgan fingerprint density at radius 1 is 0.222 bits per heavy atom. The highest BCUT2D eigenvalue weighted by Crippen LogP contribution is 2.18. The van der Waals surface area contributed by atoms with E-state index in [2.05, 4.69) is 107 Å². The Balaban J connectivity index is 4.19. The first-order valence-corrected chi connectivity index (χ1v) is 24.3. The molecule has 0 aromatic carbocycles. The van der Waals surface area contributed by atoms with Crippen LogP contribution in [0.5, 0.6) is 0 Å². The number of rotatable bonds is 12. The SMILES string of the molecule is C=C[Si]1(C=C)N[Si](C=C)(C=C)N[Si](C=C)(C=C)N[Si](C=C)(C=C)N[Si](C=C)(C=C)N[Si](C=C)(C=C)N1. The van der Waals surface area contributed by atoms with Crippen molar-refractivity contribution in [3.05, 3.63) is 147 Å². The molecular formula is C24H42N6Si6. The van der Waals surface area contributed by atoms with E-state index in [4.69, 9.17) is 0 Å². The van der Waals surface area contributed by atoms with Crippen molar-refractivity contribution >= 4 is 50.4 Å². The molecule has 1 aliphatic rings. The Hall–Kier alpha value is -2.06. The molecular weight excluding hydrogens is 541 g/mol. The summed E-state index contributed by atoms with van der Waals surface area (Å²) >= 11 is 0. The molecule has 0 atom stereocenters. The highest BCUT2D eigenvalue weighted by Gasteiger charge is 2.52. The van der Waals surface area contributed by atoms with E-state index in [0.717, 1.165) is 0 Å². The first-order valence-electron chi connectivity index (χ1n) is 11.4. The Morgan fingerprint density at radius 3 is 0.361 bits per heavy atom. The van der Waals surface area contributed by atoms with E-state index in [0.29, 0.717) is 0 Å². The molecule has 12 heteroatoms. The number of hydrogen-bond acceptors (Lipinski definition) is 6. The summed E-state index contributed by atoms with van der Waals surface area (Å²) in [5.74, 6) is 0. The molecule has 0 aromatic heterocycles. The topological polar surface area (TPSA) is 72.2 Å². The molecule has 0 unspecified atom stereocenters. The van der Waals surface area contributed by atoms with Gasteiger partial charge in [-0.25, -0.2) is 0 Å². The quantitative estimate of drug-likeness (QED) is 0.199. The van der Waals surface area contributed by atoms with Gasteiger partial charge in [0.05, 0.1) is 0 Å². The second-order valence-corrected chi connectivity index (χ2v) is 29.7. The summed E-state index contributed by atoms with van der Waals surface area (Å²) in [5.41, 5.74) is 22.9. The van der Waals surface area contributed by atoms with Gasteiger partial charge in [0.15, 0.2) is 0 Å². The second kappa shape index (κ2) is 12.5. The maximum atomic E-state index is 4.18. The predicted octanol–water partition coefficient (Wildman–Crippen LogP) is 2.89. The first kappa shape index (κ1) is 32.0. The highest BCUT2D eigenvalue weighted by atomic mass is 28.5. The van der Waals surface area contributed by atoms with E-state index in [1.165, 1.54) is 0 Å². The van der Waals surface area contributed by atoms with Crippen LogP contribution in [0.25, 0.3) is 0 Å². The average molecular weight is 583 g/mol. The van der Waals surface area contributed by atoms with E-state index < -0.39 is 50.4 Å². The van der Waals surface area contributed by atoms with E-state index in [-0.39, 0.29) is 0 Å². The summed E-state index contributed by atoms with van der Waals surface area (Å²) in [6.45, 7) is 50.1. The lowest BCUT2D eigenvalue weighted by Gasteiger charge is -2.50. The van der Waals surface area contributed by atoms with Crippen molar-refractivity contribution in [2.75, 3.05) is 0 Å². The zero-order valence-electron chi connectivity index (χ0n) is 21.4. The Kier molecular flexibility index (Phi) is 11.1. The minimum atomic E-state index is -2.83. The molecule has 192 valence electrons. The lowest BCUT2D eigenvalue weighted by molar-refractivity contribution is 1.11. The molecule has 6 N–H and O–H groups in total. The fourth-order valence-electron chi connectivity index (χ4n) is 3.97. The van der Waals surface area contributed by atoms with Crippen LogP contribution in [0.3, 0.4) is 0 Å². The van der Waals surface area contributed by atoms with Gasteiger partial charge >= 0.3 is 0 Å². The van der Waals surface area contributed by atoms with Gasteiger partial charge in [-0.05, 0) is 0 Å². The second-order valence-electron chi connectivity index (χ2n) is 8.41. The van der Waals surface area contributed by atoms with Crippen molar-refractivity contribution in [1.29, 1.82) is 0 Å². The predicted molar refractivity (Wildman–Crippen MR) is 176 cm³/mol. The molecule has 0 aliphatic carbocycles. The van der Waals surface area contributed by atoms with Crippen LogP contribution in [0.15, 0.2) is 147 Å². The zero-order chi connectivity index (χ0) is 27.7. The van der Waals surface area contributed by atoms with Crippen molar-refractivity contribution in [3.63, 3.8) is 0 Å². The lowest BCUT2D eigenvalue weighted by atomic mass is 11.2. The largest absolute Gasteiger partial charge is 0.323 e. The molecule has 0 saturated carbocycles. The van der Waals surface area contributed by atoms with Crippen molar-refractivity contribution < 1.29 is 0 Å². The standard InChI is InChI=1S/C24H42N6Si6/c1-13-31(14-2)25-32(15-3,16-4)27-34(19-7,20-8)29-36(23-11,24-12)30-35(21-9,22-10)28-33(17-5,18-6)26-31/h13-30H,1-12H2. The van der Waals surface area contributed by atoms with Gasteiger partial charge in [0, 0.05) is 0 Å². The molecule has 6 nitrogen and oxygen atoms in total. The highest BCUT2D eigenvalue weighted by molar-refractivity contribution is 7.15. The van der Waals surface area contributed by atoms with E-state index >= 15 is 0 Å². The fourth-order valence-corrected chi connectivity index (χ4v) is 36.1. The van der Waals surface area contributed by atoms with Gasteiger partial charge in [-0.1, -0.05) is 68.4 Å². The minimum absolute atomic E-state index is 1.90. The maximum absolute atomic E-state index is 4.18. The van der Waals surface area contributed by atoms with Crippen molar-refractivity contribution in [1.82, 2.24) is 27.9 Å². The van der Waals surface area contributed by atoms with Crippen LogP contribution in [0.1, 0.15) is 0 Å². The molecule has 0 radical (unpaired) electrons. The third-order valence-electron chi connectivity index (χ3n) is 6.35. The third kappa shape index (κ3) is 6.25. The van der Waals surface area contributed by atoms with Gasteiger partial charge in [-0.15, -0.1) is 78.9 Å². The van der Waals surface area contributed by atoms with E-state index in [9.17, 15) is 0 Å². The molecule has 0 aromatic rings. The Morgan fingerprint density at radius 2 is 0.306 bits per heavy atom. The number of nitrogens with one attached hydrogen (secondary N) is 6. The van der Waals surface area contributed by atoms with Crippen LogP contribution < -0.4 is 27.9 Å². The summed E-state index contributed by atoms with van der Waals surface area (Å²) in [5, 5.41) is 0. The summed E-state index contributed by atoms with van der Waals surface area (Å²) in [6, 6.07) is 0. The molecule has 0 amide bonds. The van der Waals surface area contributed by atoms with Gasteiger partial charge in [0.25, 0.3) is 0 Å². The van der Waals surface area contributed by atoms with Crippen molar-refractivity contribution in [3.8, 4) is 0 Å². The van der Waals surface area contributed by atoms with Gasteiger partial charge < -0.3 is 27.9 Å². The lowest BCUT2D eigenvalue weighted by Crippen LogP contribution is -2.90. The summed E-state index contributed by atoms with van der Waals surface area (Å²) in [6.07, 6.45) is 0. The van der Waals surface area contributed by atoms with Crippen LogP contribution >= 0.6 is 0 Å². The molecule has 1 fully saturated rings. The molecule has 1 aliphatic heterocycles. The molecule has 1 heterocycles. The van der Waals surface area contributed by atoms with E-state index in [1.807, 2.05) is 68.4 Å².